The van der Waals surface area contributed by atoms with Crippen molar-refractivity contribution < 1.29 is 13.2 Å². The first-order valence-electron chi connectivity index (χ1n) is 10.0. The van der Waals surface area contributed by atoms with Gasteiger partial charge in [0.1, 0.15) is 0 Å². The van der Waals surface area contributed by atoms with Gasteiger partial charge in [-0.2, -0.15) is 0 Å². The predicted octanol–water partition coefficient (Wildman–Crippen LogP) is 3.61. The Balaban J connectivity index is 1.89. The number of anilines is 1. The molecule has 0 radical (unpaired) electrons. The average molecular weight is 448 g/mol. The number of aryl methyl sites for hydroxylation is 3. The lowest BCUT2D eigenvalue weighted by Gasteiger charge is -2.23. The minimum Gasteiger partial charge on any atom is -0.320 e. The Hall–Kier alpha value is -2.39. The topological polar surface area (TPSA) is 90.2 Å². The zero-order valence-electron chi connectivity index (χ0n) is 17.3. The molecular formula is C21H25N3O4S2. The van der Waals surface area contributed by atoms with E-state index in [0.717, 1.165) is 24.8 Å². The van der Waals surface area contributed by atoms with Gasteiger partial charge >= 0.3 is 5.69 Å². The third-order valence-electron chi connectivity index (χ3n) is 5.99. The molecule has 1 aliphatic rings. The number of nitrogens with one attached hydrogen (secondary N) is 1. The van der Waals surface area contributed by atoms with Crippen molar-refractivity contribution in [1.29, 1.82) is 0 Å². The highest BCUT2D eigenvalue weighted by Gasteiger charge is 2.32. The summed E-state index contributed by atoms with van der Waals surface area (Å²) in [6.07, 6.45) is 4.04. The third-order valence-corrected chi connectivity index (χ3v) is 9.30. The summed E-state index contributed by atoms with van der Waals surface area (Å²) < 4.78 is 30.0. The minimum atomic E-state index is -3.67. The number of hydrogen-bond donors (Lipinski definition) is 1. The van der Waals surface area contributed by atoms with E-state index in [0.29, 0.717) is 28.8 Å². The highest BCUT2D eigenvalue weighted by atomic mass is 32.2. The van der Waals surface area contributed by atoms with Crippen molar-refractivity contribution in [3.05, 3.63) is 44.5 Å². The molecule has 0 unspecified atom stereocenters. The zero-order valence-corrected chi connectivity index (χ0v) is 18.9. The molecule has 7 nitrogen and oxygen atoms in total. The lowest BCUT2D eigenvalue weighted by molar-refractivity contribution is 0.103. The van der Waals surface area contributed by atoms with Crippen LogP contribution in [0.4, 0.5) is 5.69 Å². The Labute approximate surface area is 179 Å². The molecule has 160 valence electrons. The van der Waals surface area contributed by atoms with Crippen LogP contribution in [0, 0.1) is 6.92 Å². The van der Waals surface area contributed by atoms with Gasteiger partial charge in [0.05, 0.1) is 31.7 Å². The fraction of sp³-hybridized carbons (Fsp3) is 0.429. The Morgan fingerprint density at radius 2 is 1.73 bits per heavy atom. The normalized spacial score (nSPS) is 15.6. The second-order valence-electron chi connectivity index (χ2n) is 7.93. The number of benzene rings is 1. The van der Waals surface area contributed by atoms with Crippen molar-refractivity contribution in [3.63, 3.8) is 0 Å². The van der Waals surface area contributed by atoms with Gasteiger partial charge < -0.3 is 5.32 Å². The Morgan fingerprint density at radius 3 is 2.33 bits per heavy atom. The summed E-state index contributed by atoms with van der Waals surface area (Å²) >= 11 is 1.31. The monoisotopic (exact) mass is 447 g/mol. The largest absolute Gasteiger partial charge is 0.328 e. The number of fused-ring (bicyclic) bond motifs is 1. The highest BCUT2D eigenvalue weighted by molar-refractivity contribution is 7.92. The molecule has 9 heteroatoms. The van der Waals surface area contributed by atoms with Crippen molar-refractivity contribution in [2.75, 3.05) is 5.32 Å². The first-order chi connectivity index (χ1) is 14.2. The van der Waals surface area contributed by atoms with Gasteiger partial charge in [0.25, 0.3) is 5.91 Å². The Bertz CT molecular complexity index is 1290. The molecule has 1 amide bonds. The van der Waals surface area contributed by atoms with Crippen molar-refractivity contribution in [2.45, 2.75) is 49.2 Å². The number of rotatable bonds is 4. The van der Waals surface area contributed by atoms with E-state index < -0.39 is 15.1 Å². The van der Waals surface area contributed by atoms with Crippen molar-refractivity contribution in [2.24, 2.45) is 14.1 Å². The number of aromatic nitrogens is 2. The molecule has 2 heterocycles. The van der Waals surface area contributed by atoms with Crippen molar-refractivity contribution in [3.8, 4) is 0 Å². The average Bonchev–Trinajstić information content (AvgIpc) is 3.25. The minimum absolute atomic E-state index is 0.0886. The van der Waals surface area contributed by atoms with Crippen LogP contribution < -0.4 is 11.0 Å². The molecule has 4 rings (SSSR count). The summed E-state index contributed by atoms with van der Waals surface area (Å²) in [4.78, 5) is 25.9. The van der Waals surface area contributed by atoms with Crippen LogP contribution in [0.5, 0.6) is 0 Å². The Kier molecular flexibility index (Phi) is 5.36. The molecule has 30 heavy (non-hydrogen) atoms. The summed E-state index contributed by atoms with van der Waals surface area (Å²) in [5, 5.41) is 4.17. The zero-order chi connectivity index (χ0) is 21.6. The fourth-order valence-electron chi connectivity index (χ4n) is 4.20. The number of amides is 1. The van der Waals surface area contributed by atoms with Crippen LogP contribution in [0.25, 0.3) is 11.0 Å². The number of nitrogens with zero attached hydrogens (tertiary/aromatic N) is 2. The first kappa shape index (κ1) is 20.9. The van der Waals surface area contributed by atoms with E-state index in [9.17, 15) is 18.0 Å². The predicted molar refractivity (Wildman–Crippen MR) is 119 cm³/mol. The number of sulfone groups is 1. The second kappa shape index (κ2) is 7.70. The van der Waals surface area contributed by atoms with Gasteiger partial charge in [0, 0.05) is 14.1 Å². The molecule has 0 bridgehead atoms. The van der Waals surface area contributed by atoms with Gasteiger partial charge in [0.15, 0.2) is 9.84 Å². The van der Waals surface area contributed by atoms with Gasteiger partial charge in [0.2, 0.25) is 0 Å². The SMILES string of the molecule is Cc1ccsc1C(=O)Nc1cc2c(cc1S(=O)(=O)C1CCCCC1)n(C)c(=O)n2C. The number of carbonyl (C=O) groups is 1. The van der Waals surface area contributed by atoms with E-state index in [-0.39, 0.29) is 22.2 Å². The molecule has 0 aliphatic heterocycles. The maximum Gasteiger partial charge on any atom is 0.328 e. The quantitative estimate of drug-likeness (QED) is 0.662. The molecule has 0 atom stereocenters. The first-order valence-corrected chi connectivity index (χ1v) is 12.4. The van der Waals surface area contributed by atoms with Gasteiger partial charge in [-0.3, -0.25) is 13.9 Å². The van der Waals surface area contributed by atoms with Crippen molar-refractivity contribution >= 4 is 43.8 Å². The number of thiophene rings is 1. The Morgan fingerprint density at radius 1 is 1.10 bits per heavy atom. The molecule has 1 fully saturated rings. The van der Waals surface area contributed by atoms with Crippen molar-refractivity contribution in [1.82, 2.24) is 9.13 Å². The lowest BCUT2D eigenvalue weighted by atomic mass is 10.0. The van der Waals surface area contributed by atoms with E-state index in [4.69, 9.17) is 0 Å². The van der Waals surface area contributed by atoms with Crippen LogP contribution >= 0.6 is 11.3 Å². The summed E-state index contributed by atoms with van der Waals surface area (Å²) in [6, 6.07) is 4.99. The summed E-state index contributed by atoms with van der Waals surface area (Å²) in [7, 11) is -0.411. The van der Waals surface area contributed by atoms with Gasteiger partial charge in [-0.05, 0) is 48.9 Å². The fourth-order valence-corrected chi connectivity index (χ4v) is 7.02. The van der Waals surface area contributed by atoms with Gasteiger partial charge in [-0.1, -0.05) is 19.3 Å². The van der Waals surface area contributed by atoms with Crippen LogP contribution in [-0.4, -0.2) is 28.7 Å². The van der Waals surface area contributed by atoms with Gasteiger partial charge in [-0.25, -0.2) is 13.2 Å². The summed E-state index contributed by atoms with van der Waals surface area (Å²) in [5.74, 6) is -0.345. The molecule has 0 spiro atoms. The van der Waals surface area contributed by atoms with Crippen LogP contribution in [0.2, 0.25) is 0 Å². The molecule has 1 N–H and O–H groups in total. The summed E-state index contributed by atoms with van der Waals surface area (Å²) in [5.41, 5.74) is 1.92. The number of hydrogen-bond acceptors (Lipinski definition) is 5. The maximum atomic E-state index is 13.5. The molecule has 1 aliphatic carbocycles. The molecule has 3 aromatic rings. The van der Waals surface area contributed by atoms with Crippen LogP contribution in [-0.2, 0) is 23.9 Å². The maximum absolute atomic E-state index is 13.5. The van der Waals surface area contributed by atoms with Crippen LogP contribution in [0.3, 0.4) is 0 Å². The standard InChI is InChI=1S/C21H25N3O4S2/c1-13-9-10-29-19(13)20(25)22-15-11-16-17(24(3)21(26)23(16)2)12-18(15)30(27,28)14-7-5-4-6-8-14/h9-12,14H,4-8H2,1-3H3,(H,22,25). The van der Waals surface area contributed by atoms with Crippen LogP contribution in [0.15, 0.2) is 33.3 Å². The van der Waals surface area contributed by atoms with E-state index >= 15 is 0 Å². The molecule has 1 aromatic carbocycles. The molecular weight excluding hydrogens is 422 g/mol. The van der Waals surface area contributed by atoms with E-state index in [1.807, 2.05) is 18.4 Å². The van der Waals surface area contributed by atoms with Crippen LogP contribution in [0.1, 0.15) is 47.3 Å². The molecule has 1 saturated carbocycles. The summed E-state index contributed by atoms with van der Waals surface area (Å²) in [6.45, 7) is 1.84. The number of imidazole rings is 1. The molecule has 0 saturated heterocycles. The number of carbonyl (C=O) groups excluding carboxylic acids is 1. The van der Waals surface area contributed by atoms with E-state index in [2.05, 4.69) is 5.32 Å². The van der Waals surface area contributed by atoms with E-state index in [1.165, 1.54) is 26.5 Å². The highest BCUT2D eigenvalue weighted by Crippen LogP contribution is 2.35. The lowest BCUT2D eigenvalue weighted by Crippen LogP contribution is -2.25. The van der Waals surface area contributed by atoms with Gasteiger partial charge in [-0.15, -0.1) is 11.3 Å². The smallest absolute Gasteiger partial charge is 0.320 e. The second-order valence-corrected chi connectivity index (χ2v) is 11.0. The third kappa shape index (κ3) is 3.39. The van der Waals surface area contributed by atoms with E-state index in [1.54, 1.807) is 20.2 Å². The molecule has 2 aromatic heterocycles.